The number of aromatic nitrogens is 2. The van der Waals surface area contributed by atoms with E-state index in [4.69, 9.17) is 10.8 Å². The second-order valence-electron chi connectivity index (χ2n) is 12.5. The summed E-state index contributed by atoms with van der Waals surface area (Å²) >= 11 is 0. The monoisotopic (exact) mass is 563 g/mol. The lowest BCUT2D eigenvalue weighted by atomic mass is 9.65. The van der Waals surface area contributed by atoms with Crippen molar-refractivity contribution in [2.24, 2.45) is 11.1 Å². The van der Waals surface area contributed by atoms with Gasteiger partial charge in [0.2, 0.25) is 0 Å². The van der Waals surface area contributed by atoms with E-state index in [1.807, 2.05) is 13.0 Å². The van der Waals surface area contributed by atoms with Gasteiger partial charge in [0.25, 0.3) is 0 Å². The van der Waals surface area contributed by atoms with E-state index in [0.29, 0.717) is 34.6 Å². The lowest BCUT2D eigenvalue weighted by Crippen LogP contribution is -2.52. The molecule has 2 unspecified atom stereocenters. The van der Waals surface area contributed by atoms with Crippen LogP contribution in [-0.2, 0) is 23.9 Å². The van der Waals surface area contributed by atoms with Crippen LogP contribution < -0.4 is 11.1 Å². The second-order valence-corrected chi connectivity index (χ2v) is 12.5. The molecule has 2 amide bonds. The maximum Gasteiger partial charge on any atom is 0.395 e. The number of nitrogens with one attached hydrogen (secondary N) is 1. The molecule has 3 aliphatic rings. The highest BCUT2D eigenvalue weighted by atomic mass is 19.4. The highest BCUT2D eigenvalue weighted by Crippen LogP contribution is 2.59. The summed E-state index contributed by atoms with van der Waals surface area (Å²) in [6.07, 6.45) is -2.85. The Morgan fingerprint density at radius 1 is 1.15 bits per heavy atom. The molecule has 0 fully saturated rings. The van der Waals surface area contributed by atoms with E-state index >= 15 is 8.78 Å². The fourth-order valence-electron chi connectivity index (χ4n) is 6.48. The minimum absolute atomic E-state index is 0.0381. The number of nitrogens with zero attached hydrogens (tertiary/aromatic N) is 3. The van der Waals surface area contributed by atoms with Gasteiger partial charge in [-0.05, 0) is 59.6 Å². The zero-order valence-corrected chi connectivity index (χ0v) is 23.6. The molecular formula is C29H34F5N5O. The quantitative estimate of drug-likeness (QED) is 0.428. The van der Waals surface area contributed by atoms with Gasteiger partial charge in [-0.1, -0.05) is 25.1 Å². The Labute approximate surface area is 230 Å². The molecule has 11 heteroatoms. The third kappa shape index (κ3) is 3.62. The first-order valence-electron chi connectivity index (χ1n) is 13.3. The molecular weight excluding hydrogens is 529 g/mol. The number of nitrogens with two attached hydrogens (primary N) is 1. The number of carbonyl (C=O) groups excluding carboxylic acids is 1. The van der Waals surface area contributed by atoms with Crippen molar-refractivity contribution in [2.75, 3.05) is 6.54 Å². The number of hydrogen-bond donors (Lipinski definition) is 2. The number of primary amides is 1. The number of benzene rings is 1. The van der Waals surface area contributed by atoms with E-state index in [1.165, 1.54) is 6.92 Å². The zero-order valence-electron chi connectivity index (χ0n) is 23.6. The molecule has 0 spiro atoms. The number of para-hydroxylation sites is 1. The van der Waals surface area contributed by atoms with Gasteiger partial charge in [-0.3, -0.25) is 4.90 Å². The second kappa shape index (κ2) is 8.41. The third-order valence-electron chi connectivity index (χ3n) is 8.96. The average molecular weight is 564 g/mol. The molecule has 40 heavy (non-hydrogen) atoms. The number of urea groups is 1. The van der Waals surface area contributed by atoms with E-state index < -0.39 is 45.8 Å². The number of fused-ring (bicyclic) bond motifs is 8. The van der Waals surface area contributed by atoms with Crippen LogP contribution in [0.5, 0.6) is 0 Å². The fourth-order valence-corrected chi connectivity index (χ4v) is 6.48. The van der Waals surface area contributed by atoms with Crippen LogP contribution in [0.1, 0.15) is 76.5 Å². The Hall–Kier alpha value is -3.21. The molecule has 2 atom stereocenters. The normalized spacial score (nSPS) is 25.6. The summed E-state index contributed by atoms with van der Waals surface area (Å²) in [5.41, 5.74) is 2.27. The number of alkyl halides is 3. The van der Waals surface area contributed by atoms with Gasteiger partial charge >= 0.3 is 12.2 Å². The van der Waals surface area contributed by atoms with Crippen LogP contribution in [0.2, 0.25) is 0 Å². The molecule has 0 saturated carbocycles. The van der Waals surface area contributed by atoms with Crippen LogP contribution in [0.3, 0.4) is 0 Å². The minimum Gasteiger partial charge on any atom is -0.352 e. The summed E-state index contributed by atoms with van der Waals surface area (Å²) in [6, 6.07) is 4.33. The number of allylic oxidation sites excluding steroid dienone is 2. The topological polar surface area (TPSA) is 76.2 Å². The fraction of sp³-hybridized carbons (Fsp3) is 0.517. The van der Waals surface area contributed by atoms with Crippen LogP contribution in [0.25, 0.3) is 11.3 Å². The molecule has 2 aromatic rings. The van der Waals surface area contributed by atoms with Crippen molar-refractivity contribution in [3.05, 3.63) is 64.0 Å². The molecule has 2 aliphatic heterocycles. The Morgan fingerprint density at radius 3 is 2.38 bits per heavy atom. The summed E-state index contributed by atoms with van der Waals surface area (Å²) in [5.74, 6) is -1.48. The van der Waals surface area contributed by atoms with Crippen LogP contribution in [0.15, 0.2) is 35.9 Å². The highest BCUT2D eigenvalue weighted by molar-refractivity contribution is 5.90. The summed E-state index contributed by atoms with van der Waals surface area (Å²) in [5, 5.41) is 7.25. The number of amides is 2. The first kappa shape index (κ1) is 28.3. The highest BCUT2D eigenvalue weighted by Gasteiger charge is 2.58. The number of hydrogen-bond acceptors (Lipinski definition) is 3. The Morgan fingerprint density at radius 2 is 1.80 bits per heavy atom. The standard InChI is InChI=1S/C29H34F5N5O/c1-8-15-10-9-11-16-19-21(31)27(6,36-24(35)40)12-18(30)28(19,7)23-17-13-38(14-25(2,3)29(32,33)34)26(4,5)22(17)37-39(23)20(15)16/h9-12H,8,13-14H2,1-7H3,(H3,35,36,40). The minimum atomic E-state index is -4.44. The van der Waals surface area contributed by atoms with E-state index in [1.54, 1.807) is 42.5 Å². The number of aryl methyl sites for hydroxylation is 1. The van der Waals surface area contributed by atoms with Gasteiger partial charge in [0, 0.05) is 29.8 Å². The van der Waals surface area contributed by atoms with Crippen LogP contribution in [0.4, 0.5) is 26.7 Å². The van der Waals surface area contributed by atoms with E-state index in [-0.39, 0.29) is 18.7 Å². The molecule has 0 saturated heterocycles. The Balaban J connectivity index is 1.80. The zero-order chi connectivity index (χ0) is 29.8. The van der Waals surface area contributed by atoms with Crippen molar-refractivity contribution in [2.45, 2.75) is 84.1 Å². The van der Waals surface area contributed by atoms with E-state index in [2.05, 4.69) is 5.32 Å². The molecule has 216 valence electrons. The Bertz CT molecular complexity index is 1500. The third-order valence-corrected chi connectivity index (χ3v) is 8.96. The van der Waals surface area contributed by atoms with Gasteiger partial charge in [0.15, 0.2) is 0 Å². The van der Waals surface area contributed by atoms with Crippen LogP contribution in [-0.4, -0.2) is 39.0 Å². The number of carbonyl (C=O) groups is 1. The maximum absolute atomic E-state index is 16.6. The summed E-state index contributed by atoms with van der Waals surface area (Å²) in [4.78, 5) is 13.5. The average Bonchev–Trinajstić information content (AvgIpc) is 3.31. The van der Waals surface area contributed by atoms with Crippen LogP contribution in [0, 0.1) is 5.41 Å². The van der Waals surface area contributed by atoms with Gasteiger partial charge < -0.3 is 11.1 Å². The molecule has 3 N–H and O–H groups in total. The number of halogens is 5. The molecule has 1 aliphatic carbocycles. The molecule has 0 bridgehead atoms. The maximum atomic E-state index is 16.6. The molecule has 3 heterocycles. The summed E-state index contributed by atoms with van der Waals surface area (Å²) in [6.45, 7) is 10.5. The number of rotatable bonds is 4. The lowest BCUT2D eigenvalue weighted by molar-refractivity contribution is -0.220. The molecule has 6 nitrogen and oxygen atoms in total. The molecule has 1 aromatic carbocycles. The van der Waals surface area contributed by atoms with Crippen LogP contribution >= 0.6 is 0 Å². The SMILES string of the molecule is CCc1cccc2c1-n1nc3c(c1C1(C)C(F)=CC(C)(NC(N)=O)C(F)=C21)CN(CC(C)(C)C(F)(F)F)C3(C)C. The van der Waals surface area contributed by atoms with Gasteiger partial charge in [-0.25, -0.2) is 18.3 Å². The van der Waals surface area contributed by atoms with E-state index in [0.717, 1.165) is 25.5 Å². The Kier molecular flexibility index (Phi) is 5.95. The van der Waals surface area contributed by atoms with Crippen molar-refractivity contribution in [3.63, 3.8) is 0 Å². The van der Waals surface area contributed by atoms with Gasteiger partial charge in [0.05, 0.1) is 33.4 Å². The summed E-state index contributed by atoms with van der Waals surface area (Å²) < 4.78 is 76.4. The predicted molar refractivity (Wildman–Crippen MR) is 142 cm³/mol. The first-order valence-corrected chi connectivity index (χ1v) is 13.3. The van der Waals surface area contributed by atoms with Crippen molar-refractivity contribution >= 4 is 11.6 Å². The van der Waals surface area contributed by atoms with Gasteiger partial charge in [-0.15, -0.1) is 0 Å². The smallest absolute Gasteiger partial charge is 0.352 e. The van der Waals surface area contributed by atoms with Crippen molar-refractivity contribution in [1.29, 1.82) is 0 Å². The molecule has 5 rings (SSSR count). The van der Waals surface area contributed by atoms with Crippen molar-refractivity contribution < 1.29 is 26.7 Å². The van der Waals surface area contributed by atoms with Gasteiger partial charge in [-0.2, -0.15) is 18.3 Å². The molecule has 1 aromatic heterocycles. The molecule has 0 radical (unpaired) electrons. The first-order chi connectivity index (χ1) is 18.3. The van der Waals surface area contributed by atoms with E-state index in [9.17, 15) is 18.0 Å². The van der Waals surface area contributed by atoms with Gasteiger partial charge in [0.1, 0.15) is 17.2 Å². The lowest BCUT2D eigenvalue weighted by Gasteiger charge is -2.44. The largest absolute Gasteiger partial charge is 0.395 e. The van der Waals surface area contributed by atoms with Crippen molar-refractivity contribution in [1.82, 2.24) is 20.0 Å². The van der Waals surface area contributed by atoms with Crippen molar-refractivity contribution in [3.8, 4) is 5.69 Å². The predicted octanol–water partition coefficient (Wildman–Crippen LogP) is 6.32. The summed E-state index contributed by atoms with van der Waals surface area (Å²) in [7, 11) is 0.